The van der Waals surface area contributed by atoms with Crippen LogP contribution in [-0.2, 0) is 9.53 Å². The zero-order valence-corrected chi connectivity index (χ0v) is 16.5. The van der Waals surface area contributed by atoms with Crippen LogP contribution >= 0.6 is 0 Å². The van der Waals surface area contributed by atoms with Gasteiger partial charge in [0.1, 0.15) is 5.58 Å². The lowest BCUT2D eigenvalue weighted by Crippen LogP contribution is -2.34. The van der Waals surface area contributed by atoms with Crippen LogP contribution in [0.15, 0.2) is 57.7 Å². The van der Waals surface area contributed by atoms with E-state index in [9.17, 15) is 14.4 Å². The van der Waals surface area contributed by atoms with Crippen molar-refractivity contribution < 1.29 is 28.2 Å². The Morgan fingerprint density at radius 1 is 1.00 bits per heavy atom. The Bertz CT molecular complexity index is 1240. The summed E-state index contributed by atoms with van der Waals surface area (Å²) in [4.78, 5) is 36.5. The maximum absolute atomic E-state index is 12.2. The van der Waals surface area contributed by atoms with Crippen LogP contribution in [0, 0.1) is 0 Å². The Balaban J connectivity index is 1.21. The van der Waals surface area contributed by atoms with Gasteiger partial charge in [0, 0.05) is 30.7 Å². The largest absolute Gasteiger partial charge is 0.450 e. The number of para-hydroxylation sites is 1. The average molecular weight is 421 g/mol. The zero-order chi connectivity index (χ0) is 21.4. The quantitative estimate of drug-likeness (QED) is 0.642. The summed E-state index contributed by atoms with van der Waals surface area (Å²) in [7, 11) is 0. The summed E-state index contributed by atoms with van der Waals surface area (Å²) in [5.41, 5.74) is 0.404. The number of anilines is 1. The zero-order valence-electron chi connectivity index (χ0n) is 16.5. The molecule has 1 aromatic heterocycles. The minimum atomic E-state index is -0.896. The van der Waals surface area contributed by atoms with E-state index in [1.807, 2.05) is 0 Å². The first-order chi connectivity index (χ1) is 15.0. The van der Waals surface area contributed by atoms with Gasteiger partial charge in [-0.1, -0.05) is 12.1 Å². The number of carbonyl (C=O) groups is 2. The normalized spacial score (nSPS) is 15.9. The lowest BCUT2D eigenvalue weighted by molar-refractivity contribution is -0.119. The van der Waals surface area contributed by atoms with Crippen molar-refractivity contribution in [2.75, 3.05) is 11.9 Å². The molecule has 158 valence electrons. The lowest BCUT2D eigenvalue weighted by Gasteiger charge is -2.21. The van der Waals surface area contributed by atoms with Gasteiger partial charge in [0.15, 0.2) is 23.5 Å². The molecule has 5 rings (SSSR count). The van der Waals surface area contributed by atoms with Gasteiger partial charge in [-0.15, -0.1) is 0 Å². The van der Waals surface area contributed by atoms with Gasteiger partial charge in [0.2, 0.25) is 5.76 Å². The highest BCUT2D eigenvalue weighted by Crippen LogP contribution is 2.47. The second-order valence-corrected chi connectivity index (χ2v) is 7.58. The third-order valence-electron chi connectivity index (χ3n) is 5.35. The Kier molecular flexibility index (Phi) is 4.62. The summed E-state index contributed by atoms with van der Waals surface area (Å²) < 4.78 is 22.3. The summed E-state index contributed by atoms with van der Waals surface area (Å²) in [5, 5.41) is 3.01. The molecule has 2 aliphatic rings. The smallest absolute Gasteiger partial charge is 0.374 e. The van der Waals surface area contributed by atoms with Gasteiger partial charge in [-0.25, -0.2) is 4.79 Å². The number of nitrogens with one attached hydrogen (secondary N) is 1. The number of ether oxygens (including phenoxy) is 3. The number of hydrogen-bond donors (Lipinski definition) is 1. The molecular formula is C23H19NO7. The number of benzene rings is 2. The predicted octanol–water partition coefficient (Wildman–Crippen LogP) is 3.63. The van der Waals surface area contributed by atoms with Crippen molar-refractivity contribution in [1.29, 1.82) is 0 Å². The van der Waals surface area contributed by atoms with Crippen LogP contribution in [0.4, 0.5) is 5.69 Å². The SMILES string of the molecule is O=C(COC(=O)c1cc(=O)c2ccccc2o1)Nc1ccc2c(c1)OC1(CCCC1)O2. The number of hydrogen-bond acceptors (Lipinski definition) is 7. The second kappa shape index (κ2) is 7.46. The molecule has 31 heavy (non-hydrogen) atoms. The molecule has 1 N–H and O–H groups in total. The Labute approximate surface area is 176 Å². The molecule has 0 unspecified atom stereocenters. The van der Waals surface area contributed by atoms with Crippen LogP contribution in [0.5, 0.6) is 11.5 Å². The van der Waals surface area contributed by atoms with Crippen LogP contribution in [-0.4, -0.2) is 24.3 Å². The van der Waals surface area contributed by atoms with Crippen molar-refractivity contribution >= 4 is 28.5 Å². The number of amides is 1. The topological polar surface area (TPSA) is 104 Å². The molecule has 0 atom stereocenters. The van der Waals surface area contributed by atoms with Gasteiger partial charge in [0.05, 0.1) is 5.39 Å². The molecule has 0 saturated heterocycles. The van der Waals surface area contributed by atoms with E-state index < -0.39 is 24.3 Å². The Morgan fingerprint density at radius 3 is 2.61 bits per heavy atom. The minimum Gasteiger partial charge on any atom is -0.450 e. The van der Waals surface area contributed by atoms with Crippen LogP contribution in [0.2, 0.25) is 0 Å². The molecule has 8 heteroatoms. The fourth-order valence-corrected chi connectivity index (χ4v) is 3.89. The van der Waals surface area contributed by atoms with Crippen LogP contribution in [0.3, 0.4) is 0 Å². The molecular weight excluding hydrogens is 402 g/mol. The molecule has 0 radical (unpaired) electrons. The van der Waals surface area contributed by atoms with E-state index in [0.717, 1.165) is 31.7 Å². The summed E-state index contributed by atoms with van der Waals surface area (Å²) in [5.74, 6) is -1.05. The molecule has 0 bridgehead atoms. The molecule has 2 aromatic carbocycles. The number of fused-ring (bicyclic) bond motifs is 2. The number of rotatable bonds is 4. The molecule has 1 aliphatic carbocycles. The standard InChI is InChI=1S/C23H19NO7/c25-16-12-20(29-17-6-2-1-5-15(16)17)22(27)28-13-21(26)24-14-7-8-18-19(11-14)31-23(30-18)9-3-4-10-23/h1-2,5-8,11-12H,3-4,9-10,13H2,(H,24,26). The van der Waals surface area contributed by atoms with E-state index in [1.165, 1.54) is 0 Å². The van der Waals surface area contributed by atoms with Crippen molar-refractivity contribution in [3.63, 3.8) is 0 Å². The maximum atomic E-state index is 12.2. The van der Waals surface area contributed by atoms with E-state index in [1.54, 1.807) is 42.5 Å². The van der Waals surface area contributed by atoms with E-state index >= 15 is 0 Å². The molecule has 2 heterocycles. The first-order valence-corrected chi connectivity index (χ1v) is 10.0. The Hall–Kier alpha value is -3.81. The fourth-order valence-electron chi connectivity index (χ4n) is 3.89. The first-order valence-electron chi connectivity index (χ1n) is 10.0. The van der Waals surface area contributed by atoms with E-state index in [0.29, 0.717) is 22.6 Å². The summed E-state index contributed by atoms with van der Waals surface area (Å²) in [6.45, 7) is -0.534. The van der Waals surface area contributed by atoms with Crippen molar-refractivity contribution in [3.05, 3.63) is 64.5 Å². The first kappa shape index (κ1) is 19.2. The van der Waals surface area contributed by atoms with Crippen LogP contribution < -0.4 is 20.2 Å². The van der Waals surface area contributed by atoms with Crippen molar-refractivity contribution in [2.45, 2.75) is 31.5 Å². The molecule has 1 amide bonds. The molecule has 1 spiro atoms. The predicted molar refractivity (Wildman–Crippen MR) is 110 cm³/mol. The van der Waals surface area contributed by atoms with Crippen LogP contribution in [0.25, 0.3) is 11.0 Å². The minimum absolute atomic E-state index is 0.263. The molecule has 8 nitrogen and oxygen atoms in total. The fraction of sp³-hybridized carbons (Fsp3) is 0.261. The highest BCUT2D eigenvalue weighted by Gasteiger charge is 2.44. The third kappa shape index (κ3) is 3.72. The van der Waals surface area contributed by atoms with Crippen molar-refractivity contribution in [3.8, 4) is 11.5 Å². The monoisotopic (exact) mass is 421 g/mol. The number of carbonyl (C=O) groups excluding carboxylic acids is 2. The van der Waals surface area contributed by atoms with Gasteiger partial charge in [-0.05, 0) is 37.1 Å². The average Bonchev–Trinajstić information content (AvgIpc) is 3.37. The van der Waals surface area contributed by atoms with Gasteiger partial charge in [0.25, 0.3) is 11.7 Å². The molecule has 1 saturated carbocycles. The van der Waals surface area contributed by atoms with Crippen molar-refractivity contribution in [2.24, 2.45) is 0 Å². The van der Waals surface area contributed by atoms with Crippen LogP contribution in [0.1, 0.15) is 36.2 Å². The summed E-state index contributed by atoms with van der Waals surface area (Å²) in [6.07, 6.45) is 3.79. The third-order valence-corrected chi connectivity index (χ3v) is 5.35. The summed E-state index contributed by atoms with van der Waals surface area (Å²) >= 11 is 0. The number of esters is 1. The summed E-state index contributed by atoms with van der Waals surface area (Å²) in [6, 6.07) is 12.7. The molecule has 3 aromatic rings. The van der Waals surface area contributed by atoms with Gasteiger partial charge in [-0.3, -0.25) is 9.59 Å². The van der Waals surface area contributed by atoms with E-state index in [4.69, 9.17) is 18.6 Å². The van der Waals surface area contributed by atoms with E-state index in [-0.39, 0.29) is 16.8 Å². The maximum Gasteiger partial charge on any atom is 0.374 e. The Morgan fingerprint density at radius 2 is 1.77 bits per heavy atom. The van der Waals surface area contributed by atoms with E-state index in [2.05, 4.69) is 5.32 Å². The van der Waals surface area contributed by atoms with Crippen molar-refractivity contribution in [1.82, 2.24) is 0 Å². The molecule has 1 aliphatic heterocycles. The van der Waals surface area contributed by atoms with Gasteiger partial charge in [-0.2, -0.15) is 0 Å². The highest BCUT2D eigenvalue weighted by atomic mass is 16.7. The lowest BCUT2D eigenvalue weighted by atomic mass is 10.2. The highest BCUT2D eigenvalue weighted by molar-refractivity contribution is 5.95. The molecule has 1 fully saturated rings. The second-order valence-electron chi connectivity index (χ2n) is 7.58. The van der Waals surface area contributed by atoms with Gasteiger partial charge < -0.3 is 23.9 Å². The van der Waals surface area contributed by atoms with Gasteiger partial charge >= 0.3 is 5.97 Å².